The molecule has 0 saturated heterocycles. The van der Waals surface area contributed by atoms with Crippen LogP contribution in [0.25, 0.3) is 0 Å². The van der Waals surface area contributed by atoms with Gasteiger partial charge in [-0.2, -0.15) is 0 Å². The fourth-order valence-corrected chi connectivity index (χ4v) is 2.67. The van der Waals surface area contributed by atoms with Crippen LogP contribution in [0.3, 0.4) is 0 Å². The Kier molecular flexibility index (Phi) is 4.24. The Labute approximate surface area is 115 Å². The predicted octanol–water partition coefficient (Wildman–Crippen LogP) is 1.04. The highest BCUT2D eigenvalue weighted by Crippen LogP contribution is 2.23. The third-order valence-corrected chi connectivity index (χ3v) is 3.75. The van der Waals surface area contributed by atoms with Gasteiger partial charge in [-0.1, -0.05) is 13.8 Å². The molecule has 0 radical (unpaired) electrons. The molecule has 2 heterocycles. The number of imidazole rings is 1. The van der Waals surface area contributed by atoms with Gasteiger partial charge in [-0.15, -0.1) is 0 Å². The first-order valence-electron chi connectivity index (χ1n) is 7.01. The van der Waals surface area contributed by atoms with Crippen LogP contribution in [-0.4, -0.2) is 40.5 Å². The van der Waals surface area contributed by atoms with Gasteiger partial charge in [-0.05, 0) is 7.05 Å². The topological polar surface area (TPSA) is 50.2 Å². The summed E-state index contributed by atoms with van der Waals surface area (Å²) in [5.74, 6) is 1.76. The summed E-state index contributed by atoms with van der Waals surface area (Å²) in [6, 6.07) is 0. The summed E-state index contributed by atoms with van der Waals surface area (Å²) in [5.41, 5.74) is 2.37. The molecule has 1 aliphatic rings. The summed E-state index contributed by atoms with van der Waals surface area (Å²) in [6.07, 6.45) is 1.48. The summed E-state index contributed by atoms with van der Waals surface area (Å²) in [4.78, 5) is 18.7. The zero-order valence-electron chi connectivity index (χ0n) is 12.4. The Bertz CT molecular complexity index is 464. The van der Waals surface area contributed by atoms with Gasteiger partial charge >= 0.3 is 0 Å². The van der Waals surface area contributed by atoms with Crippen LogP contribution in [0.4, 0.5) is 0 Å². The summed E-state index contributed by atoms with van der Waals surface area (Å²) in [5, 5.41) is 3.02. The number of carbonyl (C=O) groups excluding carboxylic acids is 1. The second-order valence-electron chi connectivity index (χ2n) is 5.50. The van der Waals surface area contributed by atoms with E-state index in [1.54, 1.807) is 0 Å². The zero-order chi connectivity index (χ0) is 14.0. The number of amides is 1. The van der Waals surface area contributed by atoms with Crippen molar-refractivity contribution in [2.45, 2.75) is 39.2 Å². The Morgan fingerprint density at radius 1 is 1.47 bits per heavy atom. The van der Waals surface area contributed by atoms with Gasteiger partial charge in [0, 0.05) is 44.6 Å². The molecule has 0 fully saturated rings. The second-order valence-corrected chi connectivity index (χ2v) is 5.50. The first-order chi connectivity index (χ1) is 9.04. The average molecular weight is 264 g/mol. The number of hydrogen-bond acceptors (Lipinski definition) is 3. The minimum absolute atomic E-state index is 0.219. The van der Waals surface area contributed by atoms with Crippen molar-refractivity contribution in [3.63, 3.8) is 0 Å². The Morgan fingerprint density at radius 3 is 2.84 bits per heavy atom. The van der Waals surface area contributed by atoms with Crippen molar-refractivity contribution in [2.75, 3.05) is 20.1 Å². The monoisotopic (exact) mass is 264 g/mol. The van der Waals surface area contributed by atoms with E-state index in [2.05, 4.69) is 30.8 Å². The highest BCUT2D eigenvalue weighted by Gasteiger charge is 2.25. The molecule has 5 heteroatoms. The number of rotatable bonds is 4. The highest BCUT2D eigenvalue weighted by atomic mass is 16.2. The molecule has 1 N–H and O–H groups in total. The van der Waals surface area contributed by atoms with Crippen molar-refractivity contribution < 1.29 is 4.79 Å². The van der Waals surface area contributed by atoms with Crippen LogP contribution < -0.4 is 5.32 Å². The summed E-state index contributed by atoms with van der Waals surface area (Å²) in [7, 11) is 3.95. The van der Waals surface area contributed by atoms with Crippen LogP contribution >= 0.6 is 0 Å². The first-order valence-corrected chi connectivity index (χ1v) is 7.01. The Morgan fingerprint density at radius 2 is 2.21 bits per heavy atom. The van der Waals surface area contributed by atoms with E-state index in [9.17, 15) is 4.79 Å². The van der Waals surface area contributed by atoms with E-state index in [1.807, 2.05) is 11.9 Å². The smallest absolute Gasteiger partial charge is 0.224 e. The molecule has 1 aromatic rings. The number of carbonyl (C=O) groups is 1. The van der Waals surface area contributed by atoms with Crippen molar-refractivity contribution in [1.29, 1.82) is 0 Å². The first kappa shape index (κ1) is 14.1. The molecule has 0 saturated carbocycles. The molecule has 0 aliphatic carbocycles. The van der Waals surface area contributed by atoms with Crippen LogP contribution in [-0.2, 0) is 24.8 Å². The van der Waals surface area contributed by atoms with Crippen molar-refractivity contribution >= 4 is 5.91 Å². The minimum atomic E-state index is 0.219. The van der Waals surface area contributed by atoms with Gasteiger partial charge in [-0.25, -0.2) is 4.98 Å². The molecule has 0 unspecified atom stereocenters. The zero-order valence-corrected chi connectivity index (χ0v) is 12.4. The maximum Gasteiger partial charge on any atom is 0.224 e. The van der Waals surface area contributed by atoms with Crippen molar-refractivity contribution in [2.24, 2.45) is 7.05 Å². The number of hydrogen-bond donors (Lipinski definition) is 1. The van der Waals surface area contributed by atoms with E-state index in [-0.39, 0.29) is 5.91 Å². The van der Waals surface area contributed by atoms with Gasteiger partial charge in [0.15, 0.2) is 0 Å². The lowest BCUT2D eigenvalue weighted by atomic mass is 10.1. The average Bonchev–Trinajstić information content (AvgIpc) is 2.73. The number of nitrogens with one attached hydrogen (secondary N) is 1. The molecule has 0 aromatic carbocycles. The van der Waals surface area contributed by atoms with Crippen LogP contribution in [0.5, 0.6) is 0 Å². The van der Waals surface area contributed by atoms with Crippen LogP contribution in [0.15, 0.2) is 0 Å². The van der Waals surface area contributed by atoms with E-state index in [0.29, 0.717) is 18.9 Å². The fourth-order valence-electron chi connectivity index (χ4n) is 2.67. The minimum Gasteiger partial charge on any atom is -0.336 e. The van der Waals surface area contributed by atoms with Gasteiger partial charge in [0.1, 0.15) is 5.82 Å². The molecule has 19 heavy (non-hydrogen) atoms. The third kappa shape index (κ3) is 2.81. The van der Waals surface area contributed by atoms with Gasteiger partial charge in [0.25, 0.3) is 0 Å². The van der Waals surface area contributed by atoms with E-state index >= 15 is 0 Å². The Hall–Kier alpha value is -1.36. The largest absolute Gasteiger partial charge is 0.336 e. The van der Waals surface area contributed by atoms with Gasteiger partial charge < -0.3 is 14.8 Å². The van der Waals surface area contributed by atoms with Crippen molar-refractivity contribution in [3.05, 3.63) is 17.2 Å². The number of nitrogens with zero attached hydrogens (tertiary/aromatic N) is 3. The molecule has 1 amide bonds. The fraction of sp³-hybridized carbons (Fsp3) is 0.714. The van der Waals surface area contributed by atoms with Crippen molar-refractivity contribution in [1.82, 2.24) is 19.8 Å². The van der Waals surface area contributed by atoms with E-state index in [4.69, 9.17) is 4.98 Å². The second kappa shape index (κ2) is 5.74. The van der Waals surface area contributed by atoms with E-state index < -0.39 is 0 Å². The molecule has 1 aliphatic heterocycles. The number of aromatic nitrogens is 2. The molecule has 2 rings (SSSR count). The lowest BCUT2D eigenvalue weighted by molar-refractivity contribution is -0.132. The third-order valence-electron chi connectivity index (χ3n) is 3.75. The van der Waals surface area contributed by atoms with E-state index in [0.717, 1.165) is 31.0 Å². The molecule has 106 valence electrons. The quantitative estimate of drug-likeness (QED) is 0.884. The van der Waals surface area contributed by atoms with Crippen LogP contribution in [0, 0.1) is 0 Å². The summed E-state index contributed by atoms with van der Waals surface area (Å²) < 4.78 is 2.20. The molecule has 5 nitrogen and oxygen atoms in total. The molecule has 0 bridgehead atoms. The molecule has 1 aromatic heterocycles. The molecular formula is C14H24N4O. The normalized spacial score (nSPS) is 14.9. The summed E-state index contributed by atoms with van der Waals surface area (Å²) in [6.45, 7) is 6.53. The maximum atomic E-state index is 12.0. The highest BCUT2D eigenvalue weighted by molar-refractivity contribution is 5.76. The van der Waals surface area contributed by atoms with Crippen LogP contribution in [0.1, 0.15) is 43.4 Å². The molecule has 0 spiro atoms. The lowest BCUT2D eigenvalue weighted by Crippen LogP contribution is -2.37. The van der Waals surface area contributed by atoms with Crippen LogP contribution in [0.2, 0.25) is 0 Å². The van der Waals surface area contributed by atoms with E-state index in [1.165, 1.54) is 5.69 Å². The van der Waals surface area contributed by atoms with Crippen molar-refractivity contribution in [3.8, 4) is 0 Å². The standard InChI is InChI=1S/C14H24N4O/c1-10(2)14-16-11-9-18(13(19)5-7-15-3)8-6-12(11)17(14)4/h10,15H,5-9H2,1-4H3. The summed E-state index contributed by atoms with van der Waals surface area (Å²) >= 11 is 0. The molecule has 0 atom stereocenters. The predicted molar refractivity (Wildman–Crippen MR) is 75.0 cm³/mol. The number of fused-ring (bicyclic) bond motifs is 1. The molecular weight excluding hydrogens is 240 g/mol. The Balaban J connectivity index is 2.12. The van der Waals surface area contributed by atoms with Gasteiger partial charge in [0.05, 0.1) is 12.2 Å². The SMILES string of the molecule is CNCCC(=O)N1CCc2c(nc(C(C)C)n2C)C1. The lowest BCUT2D eigenvalue weighted by Gasteiger charge is -2.26. The van der Waals surface area contributed by atoms with Gasteiger partial charge in [0.2, 0.25) is 5.91 Å². The maximum absolute atomic E-state index is 12.0. The van der Waals surface area contributed by atoms with Gasteiger partial charge in [-0.3, -0.25) is 4.79 Å².